The summed E-state index contributed by atoms with van der Waals surface area (Å²) in [6.07, 6.45) is 0.173. The molecule has 4 heteroatoms. The van der Waals surface area contributed by atoms with Gasteiger partial charge in [0.1, 0.15) is 5.78 Å². The maximum atomic E-state index is 10.5. The molecular weight excluding hydrogens is 138 g/mol. The third kappa shape index (κ3) is 5.52. The van der Waals surface area contributed by atoms with Gasteiger partial charge in [-0.1, -0.05) is 0 Å². The van der Waals surface area contributed by atoms with Crippen LogP contribution in [0.15, 0.2) is 0 Å². The largest absolute Gasteiger partial charge is 0.330 e. The standard InChI is InChI=1S/C5H9NO2S/c6-2-1-4(7)3-5(8)9/h1-3,6H2,(H,8,9). The van der Waals surface area contributed by atoms with E-state index < -0.39 is 5.12 Å². The van der Waals surface area contributed by atoms with Crippen molar-refractivity contribution in [3.05, 3.63) is 0 Å². The van der Waals surface area contributed by atoms with Gasteiger partial charge in [0.15, 0.2) is 5.12 Å². The van der Waals surface area contributed by atoms with Crippen LogP contribution in [0.25, 0.3) is 0 Å². The summed E-state index contributed by atoms with van der Waals surface area (Å²) < 4.78 is 0. The van der Waals surface area contributed by atoms with Gasteiger partial charge in [-0.15, -0.1) is 12.6 Å². The molecule has 52 valence electrons. The van der Waals surface area contributed by atoms with Gasteiger partial charge in [0, 0.05) is 6.42 Å². The number of carbonyl (C=O) groups is 2. The summed E-state index contributed by atoms with van der Waals surface area (Å²) in [6.45, 7) is 0.305. The molecule has 0 radical (unpaired) electrons. The van der Waals surface area contributed by atoms with E-state index in [1.807, 2.05) is 0 Å². The molecule has 0 heterocycles. The normalized spacial score (nSPS) is 9.11. The lowest BCUT2D eigenvalue weighted by molar-refractivity contribution is -0.123. The lowest BCUT2D eigenvalue weighted by Crippen LogP contribution is -2.09. The fourth-order valence-corrected chi connectivity index (χ4v) is 0.594. The van der Waals surface area contributed by atoms with Crippen LogP contribution in [0.1, 0.15) is 12.8 Å². The van der Waals surface area contributed by atoms with Gasteiger partial charge in [-0.05, 0) is 6.54 Å². The van der Waals surface area contributed by atoms with Gasteiger partial charge < -0.3 is 5.73 Å². The minimum Gasteiger partial charge on any atom is -0.330 e. The topological polar surface area (TPSA) is 60.2 Å². The first kappa shape index (κ1) is 8.65. The van der Waals surface area contributed by atoms with Gasteiger partial charge in [0.25, 0.3) is 0 Å². The van der Waals surface area contributed by atoms with E-state index in [9.17, 15) is 9.59 Å². The Hall–Kier alpha value is -0.350. The SMILES string of the molecule is NCCC(=O)CC(=O)S. The van der Waals surface area contributed by atoms with E-state index in [1.54, 1.807) is 0 Å². The number of hydrogen-bond acceptors (Lipinski definition) is 3. The second-order valence-corrected chi connectivity index (χ2v) is 2.15. The summed E-state index contributed by atoms with van der Waals surface area (Å²) in [5.74, 6) is -0.141. The Morgan fingerprint density at radius 2 is 2.00 bits per heavy atom. The molecule has 0 aromatic carbocycles. The monoisotopic (exact) mass is 147 g/mol. The van der Waals surface area contributed by atoms with E-state index in [4.69, 9.17) is 5.73 Å². The number of nitrogens with two attached hydrogens (primary N) is 1. The fraction of sp³-hybridized carbons (Fsp3) is 0.600. The summed E-state index contributed by atoms with van der Waals surface area (Å²) >= 11 is 3.43. The van der Waals surface area contributed by atoms with Gasteiger partial charge in [0.05, 0.1) is 6.42 Å². The number of Topliss-reactive ketones (excluding diaryl/α,β-unsaturated/α-hetero) is 1. The quantitative estimate of drug-likeness (QED) is 0.426. The van der Waals surface area contributed by atoms with E-state index in [0.29, 0.717) is 6.54 Å². The highest BCUT2D eigenvalue weighted by atomic mass is 32.1. The number of ketones is 1. The van der Waals surface area contributed by atoms with Crippen molar-refractivity contribution in [2.24, 2.45) is 5.73 Å². The maximum Gasteiger partial charge on any atom is 0.193 e. The van der Waals surface area contributed by atoms with Crippen molar-refractivity contribution in [2.75, 3.05) is 6.54 Å². The lowest BCUT2D eigenvalue weighted by Gasteiger charge is -1.90. The Labute approximate surface area is 59.0 Å². The number of rotatable bonds is 4. The third-order valence-corrected chi connectivity index (χ3v) is 0.930. The molecular formula is C5H9NO2S. The van der Waals surface area contributed by atoms with Crippen LogP contribution in [-0.4, -0.2) is 17.4 Å². The molecule has 0 saturated carbocycles. The Balaban J connectivity index is 3.39. The van der Waals surface area contributed by atoms with Crippen LogP contribution in [0.3, 0.4) is 0 Å². The zero-order valence-corrected chi connectivity index (χ0v) is 5.86. The van der Waals surface area contributed by atoms with Crippen molar-refractivity contribution in [3.63, 3.8) is 0 Å². The second kappa shape index (κ2) is 4.52. The molecule has 0 aliphatic carbocycles. The first-order valence-corrected chi connectivity index (χ1v) is 3.05. The molecule has 2 N–H and O–H groups in total. The molecule has 0 fully saturated rings. The lowest BCUT2D eigenvalue weighted by atomic mass is 10.2. The van der Waals surface area contributed by atoms with Crippen molar-refractivity contribution in [1.29, 1.82) is 0 Å². The van der Waals surface area contributed by atoms with Crippen molar-refractivity contribution in [3.8, 4) is 0 Å². The fourth-order valence-electron chi connectivity index (χ4n) is 0.418. The number of hydrogen-bond donors (Lipinski definition) is 2. The van der Waals surface area contributed by atoms with Gasteiger partial charge in [-0.25, -0.2) is 0 Å². The number of thiol groups is 1. The smallest absolute Gasteiger partial charge is 0.193 e. The molecule has 0 unspecified atom stereocenters. The van der Waals surface area contributed by atoms with Crippen molar-refractivity contribution in [1.82, 2.24) is 0 Å². The van der Waals surface area contributed by atoms with Crippen LogP contribution in [0.5, 0.6) is 0 Å². The molecule has 0 aliphatic rings. The molecule has 0 aromatic rings. The Bertz CT molecular complexity index is 124. The molecule has 0 aromatic heterocycles. The molecule has 0 bridgehead atoms. The zero-order valence-electron chi connectivity index (χ0n) is 4.96. The molecule has 0 saturated heterocycles. The number of carbonyl (C=O) groups excluding carboxylic acids is 2. The summed E-state index contributed by atoms with van der Waals surface area (Å²) in [7, 11) is 0. The van der Waals surface area contributed by atoms with Crippen LogP contribution >= 0.6 is 12.6 Å². The highest BCUT2D eigenvalue weighted by Gasteiger charge is 2.02. The van der Waals surface area contributed by atoms with Crippen LogP contribution in [0, 0.1) is 0 Å². The predicted octanol–water partition coefficient (Wildman–Crippen LogP) is -0.249. The molecule has 9 heavy (non-hydrogen) atoms. The van der Waals surface area contributed by atoms with E-state index in [1.165, 1.54) is 0 Å². The molecule has 0 atom stereocenters. The minimum atomic E-state index is -0.395. The van der Waals surface area contributed by atoms with Gasteiger partial charge >= 0.3 is 0 Å². The van der Waals surface area contributed by atoms with Gasteiger partial charge in [0.2, 0.25) is 0 Å². The van der Waals surface area contributed by atoms with E-state index in [-0.39, 0.29) is 18.6 Å². The first-order chi connectivity index (χ1) is 4.16. The van der Waals surface area contributed by atoms with Crippen molar-refractivity contribution >= 4 is 23.5 Å². The van der Waals surface area contributed by atoms with E-state index in [0.717, 1.165) is 0 Å². The Morgan fingerprint density at radius 3 is 2.33 bits per heavy atom. The first-order valence-electron chi connectivity index (χ1n) is 2.60. The average molecular weight is 147 g/mol. The van der Waals surface area contributed by atoms with Crippen molar-refractivity contribution < 1.29 is 9.59 Å². The highest BCUT2D eigenvalue weighted by Crippen LogP contribution is 1.91. The average Bonchev–Trinajstić information content (AvgIpc) is 1.63. The third-order valence-electron chi connectivity index (χ3n) is 0.772. The Morgan fingerprint density at radius 1 is 1.44 bits per heavy atom. The van der Waals surface area contributed by atoms with Gasteiger partial charge in [-0.2, -0.15) is 0 Å². The molecule has 0 amide bonds. The zero-order chi connectivity index (χ0) is 7.28. The summed E-state index contributed by atoms with van der Waals surface area (Å²) in [4.78, 5) is 20.6. The molecule has 0 aliphatic heterocycles. The predicted molar refractivity (Wildman–Crippen MR) is 37.3 cm³/mol. The van der Waals surface area contributed by atoms with Gasteiger partial charge in [-0.3, -0.25) is 9.59 Å². The molecule has 3 nitrogen and oxygen atoms in total. The molecule has 0 rings (SSSR count). The minimum absolute atomic E-state index is 0.0969. The Kier molecular flexibility index (Phi) is 4.35. The summed E-state index contributed by atoms with van der Waals surface area (Å²) in [5, 5.41) is -0.395. The van der Waals surface area contributed by atoms with Crippen LogP contribution in [-0.2, 0) is 9.59 Å². The van der Waals surface area contributed by atoms with Crippen molar-refractivity contribution in [2.45, 2.75) is 12.8 Å². The van der Waals surface area contributed by atoms with Crippen LogP contribution in [0.4, 0.5) is 0 Å². The molecule has 0 spiro atoms. The second-order valence-electron chi connectivity index (χ2n) is 1.65. The van der Waals surface area contributed by atoms with E-state index in [2.05, 4.69) is 12.6 Å². The highest BCUT2D eigenvalue weighted by molar-refractivity contribution is 7.96. The maximum absolute atomic E-state index is 10.5. The van der Waals surface area contributed by atoms with Crippen LogP contribution in [0.2, 0.25) is 0 Å². The van der Waals surface area contributed by atoms with E-state index >= 15 is 0 Å². The summed E-state index contributed by atoms with van der Waals surface area (Å²) in [6, 6.07) is 0. The summed E-state index contributed by atoms with van der Waals surface area (Å²) in [5.41, 5.74) is 5.05. The van der Waals surface area contributed by atoms with Crippen LogP contribution < -0.4 is 5.73 Å².